The van der Waals surface area contributed by atoms with E-state index in [2.05, 4.69) is 5.10 Å². The fourth-order valence-electron chi connectivity index (χ4n) is 2.12. The maximum atomic E-state index is 12.8. The molecule has 0 saturated carbocycles. The van der Waals surface area contributed by atoms with E-state index in [-0.39, 0.29) is 11.2 Å². The molecule has 0 radical (unpaired) electrons. The van der Waals surface area contributed by atoms with Crippen molar-refractivity contribution in [3.05, 3.63) is 70.8 Å². The maximum Gasteiger partial charge on any atom is 0.207 e. The van der Waals surface area contributed by atoms with Crippen LogP contribution in [0, 0.1) is 5.82 Å². The molecular formula is C16H13FN2O2. The highest BCUT2D eigenvalue weighted by Crippen LogP contribution is 2.12. The molecular weight excluding hydrogens is 271 g/mol. The second-order valence-corrected chi connectivity index (χ2v) is 4.55. The molecule has 0 atom stereocenters. The number of nitrogens with zero attached hydrogens (tertiary/aromatic N) is 2. The molecule has 0 N–H and O–H groups in total. The summed E-state index contributed by atoms with van der Waals surface area (Å²) in [6, 6.07) is 13.2. The molecule has 106 valence electrons. The van der Waals surface area contributed by atoms with Crippen LogP contribution in [0.4, 0.5) is 4.39 Å². The molecule has 0 saturated heterocycles. The molecule has 0 fully saturated rings. The van der Waals surface area contributed by atoms with Crippen molar-refractivity contribution in [1.82, 2.24) is 9.78 Å². The van der Waals surface area contributed by atoms with E-state index in [1.807, 2.05) is 18.2 Å². The Morgan fingerprint density at radius 1 is 1.10 bits per heavy atom. The van der Waals surface area contributed by atoms with Gasteiger partial charge in [-0.1, -0.05) is 12.1 Å². The molecule has 3 aromatic rings. The molecule has 0 aliphatic carbocycles. The summed E-state index contributed by atoms with van der Waals surface area (Å²) in [6.07, 6.45) is 1.31. The summed E-state index contributed by atoms with van der Waals surface area (Å²) in [6.45, 7) is 0.879. The van der Waals surface area contributed by atoms with Gasteiger partial charge in [0.1, 0.15) is 18.2 Å². The van der Waals surface area contributed by atoms with Crippen molar-refractivity contribution in [3.8, 4) is 5.75 Å². The number of hydrogen-bond acceptors (Lipinski definition) is 3. The zero-order valence-corrected chi connectivity index (χ0v) is 11.2. The van der Waals surface area contributed by atoms with E-state index in [0.29, 0.717) is 24.3 Å². The number of para-hydroxylation sites is 1. The molecule has 4 nitrogen and oxygen atoms in total. The second-order valence-electron chi connectivity index (χ2n) is 4.55. The number of benzene rings is 2. The summed E-state index contributed by atoms with van der Waals surface area (Å²) in [4.78, 5) is 11.7. The molecule has 1 heterocycles. The van der Waals surface area contributed by atoms with Crippen LogP contribution in [0.15, 0.2) is 59.5 Å². The quantitative estimate of drug-likeness (QED) is 0.739. The fourth-order valence-corrected chi connectivity index (χ4v) is 2.12. The van der Waals surface area contributed by atoms with Crippen LogP contribution in [0.2, 0.25) is 0 Å². The number of fused-ring (bicyclic) bond motifs is 1. The first-order chi connectivity index (χ1) is 10.2. The molecule has 5 heteroatoms. The minimum absolute atomic E-state index is 0.0960. The van der Waals surface area contributed by atoms with Gasteiger partial charge in [0.15, 0.2) is 0 Å². The van der Waals surface area contributed by atoms with Crippen LogP contribution in [0.1, 0.15) is 0 Å². The predicted molar refractivity (Wildman–Crippen MR) is 77.9 cm³/mol. The van der Waals surface area contributed by atoms with E-state index < -0.39 is 0 Å². The molecule has 21 heavy (non-hydrogen) atoms. The molecule has 3 rings (SSSR count). The third-order valence-electron chi connectivity index (χ3n) is 3.15. The van der Waals surface area contributed by atoms with Crippen LogP contribution in [-0.4, -0.2) is 16.4 Å². The van der Waals surface area contributed by atoms with Gasteiger partial charge in [-0.3, -0.25) is 9.48 Å². The lowest BCUT2D eigenvalue weighted by molar-refractivity contribution is 0.292. The van der Waals surface area contributed by atoms with E-state index >= 15 is 0 Å². The Labute approximate surface area is 120 Å². The van der Waals surface area contributed by atoms with Gasteiger partial charge in [-0.25, -0.2) is 4.39 Å². The fraction of sp³-hybridized carbons (Fsp3) is 0.125. The molecule has 1 aromatic heterocycles. The van der Waals surface area contributed by atoms with Crippen LogP contribution in [0.5, 0.6) is 5.75 Å². The van der Waals surface area contributed by atoms with Crippen LogP contribution < -0.4 is 10.2 Å². The summed E-state index contributed by atoms with van der Waals surface area (Å²) in [5, 5.41) is 4.75. The summed E-state index contributed by atoms with van der Waals surface area (Å²) in [5.74, 6) is 0.303. The highest BCUT2D eigenvalue weighted by atomic mass is 19.1. The van der Waals surface area contributed by atoms with Gasteiger partial charge in [0.25, 0.3) is 0 Å². The van der Waals surface area contributed by atoms with Crippen LogP contribution in [0.3, 0.4) is 0 Å². The van der Waals surface area contributed by atoms with Gasteiger partial charge in [0.05, 0.1) is 18.3 Å². The minimum atomic E-state index is -0.296. The topological polar surface area (TPSA) is 44.1 Å². The van der Waals surface area contributed by atoms with Crippen molar-refractivity contribution in [3.63, 3.8) is 0 Å². The number of rotatable bonds is 4. The standard InChI is InChI=1S/C16H13FN2O2/c17-12-5-7-13(8-6-12)21-10-9-19-15-4-2-1-3-14(15)16(20)11-18-19/h1-8,11H,9-10H2. The molecule has 0 spiro atoms. The average Bonchev–Trinajstić information content (AvgIpc) is 2.52. The molecule has 0 unspecified atom stereocenters. The Kier molecular flexibility index (Phi) is 3.64. The Morgan fingerprint density at radius 3 is 2.67 bits per heavy atom. The van der Waals surface area contributed by atoms with Gasteiger partial charge >= 0.3 is 0 Å². The Hall–Kier alpha value is -2.69. The lowest BCUT2D eigenvalue weighted by Crippen LogP contribution is -2.16. The third-order valence-corrected chi connectivity index (χ3v) is 3.15. The zero-order chi connectivity index (χ0) is 14.7. The summed E-state index contributed by atoms with van der Waals surface area (Å²) < 4.78 is 20.0. The Balaban J connectivity index is 1.75. The SMILES string of the molecule is O=c1cnn(CCOc2ccc(F)cc2)c2ccccc12. The zero-order valence-electron chi connectivity index (χ0n) is 11.2. The largest absolute Gasteiger partial charge is 0.492 e. The van der Waals surface area contributed by atoms with Crippen molar-refractivity contribution >= 4 is 10.9 Å². The van der Waals surface area contributed by atoms with Crippen molar-refractivity contribution in [2.75, 3.05) is 6.61 Å². The normalized spacial score (nSPS) is 10.7. The molecule has 0 aliphatic heterocycles. The molecule has 0 aliphatic rings. The van der Waals surface area contributed by atoms with Gasteiger partial charge in [0.2, 0.25) is 5.43 Å². The first-order valence-electron chi connectivity index (χ1n) is 6.57. The lowest BCUT2D eigenvalue weighted by atomic mass is 10.2. The van der Waals surface area contributed by atoms with E-state index in [1.54, 1.807) is 22.9 Å². The number of ether oxygens (including phenoxy) is 1. The van der Waals surface area contributed by atoms with E-state index in [0.717, 1.165) is 5.52 Å². The van der Waals surface area contributed by atoms with Crippen LogP contribution >= 0.6 is 0 Å². The number of hydrogen-bond donors (Lipinski definition) is 0. The maximum absolute atomic E-state index is 12.8. The van der Waals surface area contributed by atoms with Gasteiger partial charge in [-0.15, -0.1) is 0 Å². The summed E-state index contributed by atoms with van der Waals surface area (Å²) in [5.41, 5.74) is 0.675. The monoisotopic (exact) mass is 284 g/mol. The average molecular weight is 284 g/mol. The van der Waals surface area contributed by atoms with Crippen molar-refractivity contribution < 1.29 is 9.13 Å². The number of aromatic nitrogens is 2. The van der Waals surface area contributed by atoms with E-state index in [4.69, 9.17) is 4.74 Å². The van der Waals surface area contributed by atoms with Gasteiger partial charge < -0.3 is 4.74 Å². The van der Waals surface area contributed by atoms with E-state index in [1.165, 1.54) is 18.3 Å². The molecule has 2 aromatic carbocycles. The van der Waals surface area contributed by atoms with E-state index in [9.17, 15) is 9.18 Å². The van der Waals surface area contributed by atoms with Crippen molar-refractivity contribution in [2.24, 2.45) is 0 Å². The summed E-state index contributed by atoms with van der Waals surface area (Å²) in [7, 11) is 0. The lowest BCUT2D eigenvalue weighted by Gasteiger charge is -2.10. The smallest absolute Gasteiger partial charge is 0.207 e. The second kappa shape index (κ2) is 5.75. The van der Waals surface area contributed by atoms with Crippen molar-refractivity contribution in [1.29, 1.82) is 0 Å². The van der Waals surface area contributed by atoms with Crippen molar-refractivity contribution in [2.45, 2.75) is 6.54 Å². The van der Waals surface area contributed by atoms with Gasteiger partial charge in [-0.2, -0.15) is 5.10 Å². The third kappa shape index (κ3) is 2.91. The minimum Gasteiger partial charge on any atom is -0.492 e. The summed E-state index contributed by atoms with van der Waals surface area (Å²) >= 11 is 0. The van der Waals surface area contributed by atoms with Crippen LogP contribution in [0.25, 0.3) is 10.9 Å². The van der Waals surface area contributed by atoms with Gasteiger partial charge in [-0.05, 0) is 36.4 Å². The molecule has 0 bridgehead atoms. The highest BCUT2D eigenvalue weighted by molar-refractivity contribution is 5.77. The highest BCUT2D eigenvalue weighted by Gasteiger charge is 2.03. The number of halogens is 1. The first kappa shape index (κ1) is 13.3. The van der Waals surface area contributed by atoms with Gasteiger partial charge in [0, 0.05) is 5.39 Å². The molecule has 0 amide bonds. The first-order valence-corrected chi connectivity index (χ1v) is 6.57. The Bertz CT molecular complexity index is 812. The Morgan fingerprint density at radius 2 is 1.86 bits per heavy atom. The predicted octanol–water partition coefficient (Wildman–Crippen LogP) is 2.61. The van der Waals surface area contributed by atoms with Crippen LogP contribution in [-0.2, 0) is 6.54 Å².